The van der Waals surface area contributed by atoms with E-state index in [-0.39, 0.29) is 12.5 Å². The maximum atomic E-state index is 12.6. The van der Waals surface area contributed by atoms with Crippen LogP contribution < -0.4 is 10.6 Å². The van der Waals surface area contributed by atoms with Gasteiger partial charge in [-0.1, -0.05) is 12.1 Å². The molecule has 10 nitrogen and oxygen atoms in total. The standard InChI is InChI=1S/C15H20N4O6S/c1-16-8-10-2-4-11(5-3-10)17-14(20)13-7-6-12-9-18(13)15(21)19(12)25-26(22,23)24/h2-5,12-13,16H,6-9H2,1H3,(H,17,20)(H,22,23,24). The first-order valence-corrected chi connectivity index (χ1v) is 9.46. The van der Waals surface area contributed by atoms with Crippen LogP contribution in [0.4, 0.5) is 10.5 Å². The molecule has 0 aliphatic carbocycles. The third kappa shape index (κ3) is 3.96. The summed E-state index contributed by atoms with van der Waals surface area (Å²) in [6, 6.07) is 5.30. The minimum Gasteiger partial charge on any atom is -0.324 e. The first-order chi connectivity index (χ1) is 12.3. The maximum absolute atomic E-state index is 12.6. The van der Waals surface area contributed by atoms with Crippen LogP contribution in [0.25, 0.3) is 0 Å². The lowest BCUT2D eigenvalue weighted by atomic mass is 10.00. The van der Waals surface area contributed by atoms with Crippen molar-refractivity contribution in [1.82, 2.24) is 15.3 Å². The van der Waals surface area contributed by atoms with Crippen LogP contribution in [0.15, 0.2) is 24.3 Å². The second kappa shape index (κ2) is 7.19. The predicted molar refractivity (Wildman–Crippen MR) is 91.2 cm³/mol. The van der Waals surface area contributed by atoms with Crippen LogP contribution in [0.2, 0.25) is 0 Å². The number of urea groups is 1. The van der Waals surface area contributed by atoms with Crippen LogP contribution in [0.1, 0.15) is 18.4 Å². The average molecular weight is 384 g/mol. The van der Waals surface area contributed by atoms with Gasteiger partial charge in [-0.15, -0.1) is 4.28 Å². The van der Waals surface area contributed by atoms with Crippen molar-refractivity contribution in [3.63, 3.8) is 0 Å². The second-order valence-electron chi connectivity index (χ2n) is 6.23. The molecule has 2 heterocycles. The van der Waals surface area contributed by atoms with Crippen molar-refractivity contribution >= 4 is 28.0 Å². The normalized spacial score (nSPS) is 22.6. The molecule has 1 aromatic rings. The number of amides is 3. The van der Waals surface area contributed by atoms with E-state index in [2.05, 4.69) is 14.9 Å². The summed E-state index contributed by atoms with van der Waals surface area (Å²) in [6.45, 7) is 0.873. The predicted octanol–water partition coefficient (Wildman–Crippen LogP) is 0.348. The Hall–Kier alpha value is -2.21. The van der Waals surface area contributed by atoms with Crippen molar-refractivity contribution in [3.8, 4) is 0 Å². The number of fused-ring (bicyclic) bond motifs is 2. The molecule has 2 aliphatic rings. The summed E-state index contributed by atoms with van der Waals surface area (Å²) in [4.78, 5) is 26.1. The molecule has 1 aromatic carbocycles. The highest BCUT2D eigenvalue weighted by molar-refractivity contribution is 7.80. The van der Waals surface area contributed by atoms with Crippen molar-refractivity contribution in [2.75, 3.05) is 18.9 Å². The molecule has 0 spiro atoms. The van der Waals surface area contributed by atoms with E-state index in [1.54, 1.807) is 12.1 Å². The van der Waals surface area contributed by atoms with Gasteiger partial charge in [0.2, 0.25) is 5.91 Å². The van der Waals surface area contributed by atoms with E-state index in [9.17, 15) is 18.0 Å². The minimum atomic E-state index is -4.80. The summed E-state index contributed by atoms with van der Waals surface area (Å²) in [5, 5.41) is 6.42. The number of benzene rings is 1. The monoisotopic (exact) mass is 384 g/mol. The quantitative estimate of drug-likeness (QED) is 0.604. The van der Waals surface area contributed by atoms with E-state index in [4.69, 9.17) is 4.55 Å². The second-order valence-corrected chi connectivity index (χ2v) is 7.23. The van der Waals surface area contributed by atoms with Crippen LogP contribution in [0, 0.1) is 0 Å². The number of nitrogens with zero attached hydrogens (tertiary/aromatic N) is 2. The van der Waals surface area contributed by atoms with Crippen molar-refractivity contribution in [3.05, 3.63) is 29.8 Å². The molecule has 2 unspecified atom stereocenters. The first-order valence-electron chi connectivity index (χ1n) is 8.10. The van der Waals surface area contributed by atoms with Gasteiger partial charge in [-0.3, -0.25) is 9.35 Å². The molecule has 2 atom stereocenters. The molecule has 0 radical (unpaired) electrons. The zero-order chi connectivity index (χ0) is 18.9. The van der Waals surface area contributed by atoms with E-state index in [0.717, 1.165) is 5.56 Å². The largest absolute Gasteiger partial charge is 0.418 e. The number of hydroxylamine groups is 2. The summed E-state index contributed by atoms with van der Waals surface area (Å²) in [6.07, 6.45) is 0.752. The molecular weight excluding hydrogens is 364 g/mol. The molecule has 11 heteroatoms. The minimum absolute atomic E-state index is 0.160. The highest BCUT2D eigenvalue weighted by atomic mass is 32.3. The highest BCUT2D eigenvalue weighted by Crippen LogP contribution is 2.31. The summed E-state index contributed by atoms with van der Waals surface area (Å²) in [7, 11) is -2.96. The summed E-state index contributed by atoms with van der Waals surface area (Å²) < 4.78 is 34.9. The summed E-state index contributed by atoms with van der Waals surface area (Å²) in [5.74, 6) is -0.355. The SMILES string of the molecule is CNCc1ccc(NC(=O)C2CCC3CN2C(=O)N3OS(=O)(=O)O)cc1. The number of hydrogen-bond acceptors (Lipinski definition) is 6. The highest BCUT2D eigenvalue weighted by Gasteiger charge is 2.49. The van der Waals surface area contributed by atoms with Crippen molar-refractivity contribution in [2.45, 2.75) is 31.5 Å². The van der Waals surface area contributed by atoms with Gasteiger partial charge in [-0.2, -0.15) is 13.5 Å². The molecule has 3 N–H and O–H groups in total. The molecule has 0 saturated carbocycles. The summed E-state index contributed by atoms with van der Waals surface area (Å²) in [5.41, 5.74) is 1.67. The van der Waals surface area contributed by atoms with Crippen LogP contribution in [-0.4, -0.2) is 60.5 Å². The van der Waals surface area contributed by atoms with Gasteiger partial charge in [-0.05, 0) is 37.6 Å². The Balaban J connectivity index is 1.67. The topological polar surface area (TPSA) is 128 Å². The summed E-state index contributed by atoms with van der Waals surface area (Å²) >= 11 is 0. The number of piperidine rings is 1. The van der Waals surface area contributed by atoms with Gasteiger partial charge >= 0.3 is 16.4 Å². The fourth-order valence-corrected chi connectivity index (χ4v) is 3.63. The van der Waals surface area contributed by atoms with Crippen molar-refractivity contribution < 1.29 is 26.8 Å². The number of carbonyl (C=O) groups is 2. The van der Waals surface area contributed by atoms with Gasteiger partial charge in [0.15, 0.2) is 0 Å². The lowest BCUT2D eigenvalue weighted by Crippen LogP contribution is -2.47. The van der Waals surface area contributed by atoms with E-state index in [1.165, 1.54) is 4.90 Å². The van der Waals surface area contributed by atoms with Gasteiger partial charge in [-0.25, -0.2) is 4.79 Å². The molecule has 3 rings (SSSR count). The molecule has 2 aliphatic heterocycles. The van der Waals surface area contributed by atoms with Gasteiger partial charge in [0.1, 0.15) is 6.04 Å². The number of anilines is 1. The Labute approximate surface area is 151 Å². The number of nitrogens with one attached hydrogen (secondary N) is 2. The Morgan fingerprint density at radius 3 is 2.62 bits per heavy atom. The molecule has 26 heavy (non-hydrogen) atoms. The Morgan fingerprint density at radius 2 is 2.00 bits per heavy atom. The third-order valence-corrected chi connectivity index (χ3v) is 4.75. The van der Waals surface area contributed by atoms with Crippen LogP contribution in [-0.2, 0) is 26.0 Å². The zero-order valence-electron chi connectivity index (χ0n) is 14.1. The van der Waals surface area contributed by atoms with E-state index in [0.29, 0.717) is 30.1 Å². The molecule has 2 fully saturated rings. The van der Waals surface area contributed by atoms with Crippen LogP contribution >= 0.6 is 0 Å². The Bertz CT molecular complexity index is 797. The fraction of sp³-hybridized carbons (Fsp3) is 0.467. The average Bonchev–Trinajstić information content (AvgIpc) is 2.80. The van der Waals surface area contributed by atoms with Gasteiger partial charge in [0, 0.05) is 18.8 Å². The molecule has 0 aromatic heterocycles. The maximum Gasteiger partial charge on any atom is 0.418 e. The van der Waals surface area contributed by atoms with E-state index >= 15 is 0 Å². The van der Waals surface area contributed by atoms with Gasteiger partial charge < -0.3 is 15.5 Å². The third-order valence-electron chi connectivity index (χ3n) is 4.40. The molecule has 2 bridgehead atoms. The lowest BCUT2D eigenvalue weighted by molar-refractivity contribution is -0.120. The van der Waals surface area contributed by atoms with Crippen LogP contribution in [0.3, 0.4) is 0 Å². The fourth-order valence-electron chi connectivity index (χ4n) is 3.24. The van der Waals surface area contributed by atoms with Crippen LogP contribution in [0.5, 0.6) is 0 Å². The van der Waals surface area contributed by atoms with Crippen molar-refractivity contribution in [2.24, 2.45) is 0 Å². The van der Waals surface area contributed by atoms with E-state index in [1.807, 2.05) is 19.2 Å². The molecular formula is C15H20N4O6S. The first kappa shape index (κ1) is 18.6. The van der Waals surface area contributed by atoms with Crippen molar-refractivity contribution in [1.29, 1.82) is 0 Å². The number of hydrogen-bond donors (Lipinski definition) is 3. The molecule has 2 saturated heterocycles. The smallest absolute Gasteiger partial charge is 0.324 e. The lowest BCUT2D eigenvalue weighted by Gasteiger charge is -2.29. The molecule has 3 amide bonds. The number of carbonyl (C=O) groups excluding carboxylic acids is 2. The Morgan fingerprint density at radius 1 is 1.31 bits per heavy atom. The Kier molecular flexibility index (Phi) is 5.14. The van der Waals surface area contributed by atoms with E-state index < -0.39 is 28.5 Å². The van der Waals surface area contributed by atoms with Gasteiger partial charge in [0.05, 0.1) is 6.04 Å². The number of rotatable bonds is 6. The van der Waals surface area contributed by atoms with Gasteiger partial charge in [0.25, 0.3) is 0 Å². The molecule has 142 valence electrons. The zero-order valence-corrected chi connectivity index (χ0v) is 14.9.